The lowest BCUT2D eigenvalue weighted by Gasteiger charge is -2.25. The number of hydrogen-bond donors (Lipinski definition) is 2. The third-order valence-electron chi connectivity index (χ3n) is 3.35. The van der Waals surface area contributed by atoms with Gasteiger partial charge in [-0.15, -0.1) is 0 Å². The lowest BCUT2D eigenvalue weighted by atomic mass is 10.3. The van der Waals surface area contributed by atoms with Crippen molar-refractivity contribution in [3.8, 4) is 0 Å². The first-order valence-corrected chi connectivity index (χ1v) is 10.6. The number of nitrogens with one attached hydrogen (secondary N) is 2. The first-order valence-electron chi connectivity index (χ1n) is 9.07. The van der Waals surface area contributed by atoms with Crippen molar-refractivity contribution in [2.75, 3.05) is 5.43 Å². The van der Waals surface area contributed by atoms with Gasteiger partial charge in [-0.1, -0.05) is 18.2 Å². The Labute approximate surface area is 169 Å². The van der Waals surface area contributed by atoms with E-state index >= 15 is 0 Å². The third-order valence-corrected chi connectivity index (χ3v) is 5.48. The van der Waals surface area contributed by atoms with Crippen molar-refractivity contribution in [3.05, 3.63) is 64.7 Å². The zero-order valence-corrected chi connectivity index (χ0v) is 17.6. The van der Waals surface area contributed by atoms with Gasteiger partial charge in [-0.05, 0) is 52.0 Å². The van der Waals surface area contributed by atoms with E-state index in [2.05, 4.69) is 15.8 Å². The molecule has 0 aliphatic rings. The second-order valence-corrected chi connectivity index (χ2v) is 8.47. The quantitative estimate of drug-likeness (QED) is 0.187. The van der Waals surface area contributed by atoms with Crippen LogP contribution in [0, 0.1) is 10.1 Å². The maximum atomic E-state index is 13.5. The molecule has 0 fully saturated rings. The van der Waals surface area contributed by atoms with Crippen LogP contribution in [0.25, 0.3) is 0 Å². The highest BCUT2D eigenvalue weighted by molar-refractivity contribution is 7.72. The minimum atomic E-state index is -3.80. The minimum absolute atomic E-state index is 0.0237. The van der Waals surface area contributed by atoms with Crippen molar-refractivity contribution in [1.29, 1.82) is 0 Å². The maximum absolute atomic E-state index is 13.5. The van der Waals surface area contributed by atoms with Crippen molar-refractivity contribution >= 4 is 30.2 Å². The largest absolute Gasteiger partial charge is 0.398 e. The highest BCUT2D eigenvalue weighted by atomic mass is 31.2. The molecule has 0 amide bonds. The summed E-state index contributed by atoms with van der Waals surface area (Å²) in [5.74, 6) is 0. The van der Waals surface area contributed by atoms with Gasteiger partial charge in [0.1, 0.15) is 0 Å². The zero-order chi connectivity index (χ0) is 21.4. The average molecular weight is 420 g/mol. The number of aliphatic imine (C=N–C) groups is 1. The zero-order valence-electron chi connectivity index (χ0n) is 16.7. The van der Waals surface area contributed by atoms with Crippen LogP contribution in [0.1, 0.15) is 27.7 Å². The fourth-order valence-electron chi connectivity index (χ4n) is 2.26. The van der Waals surface area contributed by atoms with E-state index in [1.165, 1.54) is 24.3 Å². The summed E-state index contributed by atoms with van der Waals surface area (Å²) in [6, 6.07) is 14.7. The number of para-hydroxylation sites is 1. The standard InChI is InChI=1S/C19H25N4O5P/c1-14(2)27-29(26,28-15(3)4)19(20-16-8-6-5-7-9-16)22-21-17-10-12-18(13-11-17)23(24)25/h5-15,21H,1-4H3,(H,20,22). The Morgan fingerprint density at radius 2 is 1.55 bits per heavy atom. The molecule has 2 aromatic carbocycles. The van der Waals surface area contributed by atoms with E-state index in [1.54, 1.807) is 52.0 Å². The number of rotatable bonds is 9. The number of benzene rings is 2. The second-order valence-electron chi connectivity index (χ2n) is 6.63. The van der Waals surface area contributed by atoms with E-state index < -0.39 is 12.5 Å². The summed E-state index contributed by atoms with van der Waals surface area (Å²) in [5.41, 5.74) is 6.66. The van der Waals surface area contributed by atoms with E-state index in [-0.39, 0.29) is 23.5 Å². The number of anilines is 1. The molecular formula is C19H25N4O5P. The van der Waals surface area contributed by atoms with Gasteiger partial charge in [-0.25, -0.2) is 4.99 Å². The Kier molecular flexibility index (Phi) is 7.90. The highest BCUT2D eigenvalue weighted by Crippen LogP contribution is 2.51. The molecule has 0 saturated heterocycles. The molecule has 2 rings (SSSR count). The molecule has 29 heavy (non-hydrogen) atoms. The molecule has 0 aliphatic heterocycles. The van der Waals surface area contributed by atoms with Crippen LogP contribution in [0.4, 0.5) is 17.1 Å². The summed E-state index contributed by atoms with van der Waals surface area (Å²) in [6.07, 6.45) is -0.747. The monoisotopic (exact) mass is 420 g/mol. The van der Waals surface area contributed by atoms with Crippen molar-refractivity contribution in [3.63, 3.8) is 0 Å². The summed E-state index contributed by atoms with van der Waals surface area (Å²) in [6.45, 7) is 7.00. The summed E-state index contributed by atoms with van der Waals surface area (Å²) in [4.78, 5) is 14.7. The Balaban J connectivity index is 2.34. The first-order chi connectivity index (χ1) is 13.7. The number of hydrogen-bond acceptors (Lipinski definition) is 7. The van der Waals surface area contributed by atoms with Gasteiger partial charge in [0.2, 0.25) is 5.58 Å². The number of nitro groups is 1. The Hall–Kier alpha value is -2.74. The molecule has 9 nitrogen and oxygen atoms in total. The van der Waals surface area contributed by atoms with Gasteiger partial charge in [-0.2, -0.15) is 0 Å². The van der Waals surface area contributed by atoms with Crippen molar-refractivity contribution in [2.24, 2.45) is 4.99 Å². The average Bonchev–Trinajstić information content (AvgIpc) is 2.64. The highest BCUT2D eigenvalue weighted by Gasteiger charge is 2.35. The molecule has 0 aromatic heterocycles. The van der Waals surface area contributed by atoms with Crippen molar-refractivity contribution in [1.82, 2.24) is 5.43 Å². The molecular weight excluding hydrogens is 395 g/mol. The van der Waals surface area contributed by atoms with E-state index in [1.807, 2.05) is 6.07 Å². The van der Waals surface area contributed by atoms with E-state index in [4.69, 9.17) is 9.05 Å². The summed E-state index contributed by atoms with van der Waals surface area (Å²) in [5, 5.41) is 10.8. The molecule has 2 aromatic rings. The van der Waals surface area contributed by atoms with E-state index in [9.17, 15) is 14.7 Å². The minimum Gasteiger partial charge on any atom is -0.300 e. The smallest absolute Gasteiger partial charge is 0.300 e. The van der Waals surface area contributed by atoms with Crippen LogP contribution in [-0.4, -0.2) is 22.7 Å². The Bertz CT molecular complexity index is 871. The van der Waals surface area contributed by atoms with Gasteiger partial charge in [0.05, 0.1) is 28.5 Å². The van der Waals surface area contributed by atoms with Gasteiger partial charge in [0.15, 0.2) is 0 Å². The molecule has 10 heteroatoms. The van der Waals surface area contributed by atoms with Gasteiger partial charge >= 0.3 is 7.60 Å². The Morgan fingerprint density at radius 3 is 2.03 bits per heavy atom. The lowest BCUT2D eigenvalue weighted by Crippen LogP contribution is -2.32. The van der Waals surface area contributed by atoms with Crippen LogP contribution < -0.4 is 10.9 Å². The van der Waals surface area contributed by atoms with Crippen LogP contribution in [0.3, 0.4) is 0 Å². The molecule has 0 heterocycles. The first kappa shape index (κ1) is 22.5. The van der Waals surface area contributed by atoms with Gasteiger partial charge in [0, 0.05) is 12.1 Å². The Morgan fingerprint density at radius 1 is 1.00 bits per heavy atom. The van der Waals surface area contributed by atoms with E-state index in [0.717, 1.165) is 0 Å². The van der Waals surface area contributed by atoms with Crippen LogP contribution in [-0.2, 0) is 13.6 Å². The number of nitrogens with zero attached hydrogens (tertiary/aromatic N) is 2. The molecule has 0 radical (unpaired) electrons. The molecule has 0 aliphatic carbocycles. The van der Waals surface area contributed by atoms with Gasteiger partial charge < -0.3 is 9.05 Å². The summed E-state index contributed by atoms with van der Waals surface area (Å²) < 4.78 is 24.8. The second kappa shape index (κ2) is 10.2. The van der Waals surface area contributed by atoms with E-state index in [0.29, 0.717) is 11.4 Å². The summed E-state index contributed by atoms with van der Waals surface area (Å²) >= 11 is 0. The number of amidine groups is 1. The van der Waals surface area contributed by atoms with Crippen LogP contribution in [0.5, 0.6) is 0 Å². The van der Waals surface area contributed by atoms with Gasteiger partial charge in [-0.3, -0.25) is 25.5 Å². The van der Waals surface area contributed by atoms with Crippen molar-refractivity contribution in [2.45, 2.75) is 39.9 Å². The molecule has 156 valence electrons. The maximum Gasteiger partial charge on any atom is 0.398 e. The third kappa shape index (κ3) is 6.98. The molecule has 0 saturated carbocycles. The van der Waals surface area contributed by atoms with Crippen LogP contribution in [0.2, 0.25) is 0 Å². The number of nitro benzene ring substituents is 1. The molecule has 0 bridgehead atoms. The molecule has 0 unspecified atom stereocenters. The fraction of sp³-hybridized carbons (Fsp3) is 0.316. The van der Waals surface area contributed by atoms with Crippen LogP contribution in [0.15, 0.2) is 59.6 Å². The summed E-state index contributed by atoms with van der Waals surface area (Å²) in [7, 11) is -3.80. The molecule has 2 N–H and O–H groups in total. The predicted molar refractivity (Wildman–Crippen MR) is 113 cm³/mol. The number of non-ortho nitro benzene ring substituents is 1. The normalized spacial score (nSPS) is 12.3. The van der Waals surface area contributed by atoms with Crippen molar-refractivity contribution < 1.29 is 18.5 Å². The predicted octanol–water partition coefficient (Wildman–Crippen LogP) is 5.24. The molecule has 0 spiro atoms. The topological polar surface area (TPSA) is 115 Å². The number of hydrazine groups is 1. The SMILES string of the molecule is CC(C)OP(=O)(OC(C)C)C(=Nc1ccccc1)NNc1ccc([N+](=O)[O-])cc1. The molecule has 0 atom stereocenters. The van der Waals surface area contributed by atoms with Crippen LogP contribution >= 0.6 is 7.60 Å². The lowest BCUT2D eigenvalue weighted by molar-refractivity contribution is -0.384. The fourth-order valence-corrected chi connectivity index (χ4v) is 4.05. The van der Waals surface area contributed by atoms with Gasteiger partial charge in [0.25, 0.3) is 5.69 Å².